The van der Waals surface area contributed by atoms with E-state index in [1.165, 1.54) is 43.5 Å². The molecule has 0 spiro atoms. The van der Waals surface area contributed by atoms with E-state index >= 15 is 0 Å². The van der Waals surface area contributed by atoms with Crippen LogP contribution in [0.25, 0.3) is 0 Å². The van der Waals surface area contributed by atoms with Crippen LogP contribution in [0.4, 0.5) is 0 Å². The molecule has 20 heavy (non-hydrogen) atoms. The Kier molecular flexibility index (Phi) is 3.76. The summed E-state index contributed by atoms with van der Waals surface area (Å²) in [6.45, 7) is 10.4. The van der Waals surface area contributed by atoms with E-state index in [-0.39, 0.29) is 5.41 Å². The van der Waals surface area contributed by atoms with Crippen molar-refractivity contribution in [3.8, 4) is 5.75 Å². The van der Waals surface area contributed by atoms with Crippen molar-refractivity contribution >= 4 is 0 Å². The maximum absolute atomic E-state index is 6.14. The Balaban J connectivity index is 1.66. The third kappa shape index (κ3) is 3.01. The Hall–Kier alpha value is -1.02. The quantitative estimate of drug-likeness (QED) is 0.813. The second-order valence-electron chi connectivity index (χ2n) is 7.38. The number of likely N-dealkylation sites (tertiary alicyclic amines) is 1. The van der Waals surface area contributed by atoms with Crippen LogP contribution in [-0.4, -0.2) is 30.6 Å². The van der Waals surface area contributed by atoms with Crippen molar-refractivity contribution in [3.63, 3.8) is 0 Å². The number of ether oxygens (including phenoxy) is 1. The predicted octanol–water partition coefficient (Wildman–Crippen LogP) is 3.77. The first-order chi connectivity index (χ1) is 9.52. The monoisotopic (exact) mass is 273 g/mol. The molecule has 1 aromatic rings. The van der Waals surface area contributed by atoms with Crippen LogP contribution in [0, 0.1) is 0 Å². The molecular formula is C18H27NO. The summed E-state index contributed by atoms with van der Waals surface area (Å²) in [5, 5.41) is 0. The van der Waals surface area contributed by atoms with E-state index in [9.17, 15) is 0 Å². The van der Waals surface area contributed by atoms with Crippen molar-refractivity contribution in [2.75, 3.05) is 19.6 Å². The van der Waals surface area contributed by atoms with Crippen molar-refractivity contribution in [1.29, 1.82) is 0 Å². The highest BCUT2D eigenvalue weighted by Gasteiger charge is 2.27. The predicted molar refractivity (Wildman–Crippen MR) is 83.6 cm³/mol. The van der Waals surface area contributed by atoms with Crippen LogP contribution >= 0.6 is 0 Å². The SMILES string of the molecule is CC(C)(C)c1ccc2c(c1)CC(CN1CCCCC1)O2. The van der Waals surface area contributed by atoms with Gasteiger partial charge in [-0.25, -0.2) is 0 Å². The Bertz CT molecular complexity index is 469. The molecule has 0 saturated carbocycles. The molecule has 2 heterocycles. The van der Waals surface area contributed by atoms with Gasteiger partial charge in [-0.2, -0.15) is 0 Å². The van der Waals surface area contributed by atoms with E-state index in [0.29, 0.717) is 6.10 Å². The van der Waals surface area contributed by atoms with Crippen LogP contribution < -0.4 is 4.74 Å². The van der Waals surface area contributed by atoms with Gasteiger partial charge in [-0.05, 0) is 48.5 Å². The third-order valence-corrected chi connectivity index (χ3v) is 4.58. The number of hydrogen-bond acceptors (Lipinski definition) is 2. The molecule has 0 radical (unpaired) electrons. The van der Waals surface area contributed by atoms with Gasteiger partial charge < -0.3 is 4.74 Å². The topological polar surface area (TPSA) is 12.5 Å². The van der Waals surface area contributed by atoms with Gasteiger partial charge in [0.15, 0.2) is 0 Å². The number of hydrogen-bond donors (Lipinski definition) is 0. The fourth-order valence-corrected chi connectivity index (χ4v) is 3.32. The van der Waals surface area contributed by atoms with E-state index < -0.39 is 0 Å². The lowest BCUT2D eigenvalue weighted by molar-refractivity contribution is 0.134. The summed E-state index contributed by atoms with van der Waals surface area (Å²) >= 11 is 0. The number of nitrogens with zero attached hydrogens (tertiary/aromatic N) is 1. The average Bonchev–Trinajstić information content (AvgIpc) is 2.80. The molecule has 1 atom stereocenters. The zero-order valence-corrected chi connectivity index (χ0v) is 13.1. The van der Waals surface area contributed by atoms with E-state index in [4.69, 9.17) is 4.74 Å². The summed E-state index contributed by atoms with van der Waals surface area (Å²) in [5.41, 5.74) is 3.04. The van der Waals surface area contributed by atoms with Crippen molar-refractivity contribution in [1.82, 2.24) is 4.90 Å². The molecule has 0 amide bonds. The molecule has 3 rings (SSSR count). The second-order valence-corrected chi connectivity index (χ2v) is 7.38. The van der Waals surface area contributed by atoms with Gasteiger partial charge in [-0.15, -0.1) is 0 Å². The van der Waals surface area contributed by atoms with Gasteiger partial charge in [0.1, 0.15) is 11.9 Å². The molecule has 1 fully saturated rings. The minimum atomic E-state index is 0.222. The molecule has 2 aliphatic heterocycles. The number of benzene rings is 1. The maximum Gasteiger partial charge on any atom is 0.123 e. The second kappa shape index (κ2) is 5.40. The molecule has 1 aromatic carbocycles. The van der Waals surface area contributed by atoms with Crippen LogP contribution in [0.15, 0.2) is 18.2 Å². The molecule has 0 bridgehead atoms. The first kappa shape index (κ1) is 13.9. The molecular weight excluding hydrogens is 246 g/mol. The summed E-state index contributed by atoms with van der Waals surface area (Å²) < 4.78 is 6.14. The van der Waals surface area contributed by atoms with Gasteiger partial charge in [0, 0.05) is 13.0 Å². The Morgan fingerprint density at radius 1 is 1.15 bits per heavy atom. The summed E-state index contributed by atoms with van der Waals surface area (Å²) in [7, 11) is 0. The maximum atomic E-state index is 6.14. The summed E-state index contributed by atoms with van der Waals surface area (Å²) in [4.78, 5) is 2.57. The summed E-state index contributed by atoms with van der Waals surface area (Å²) in [6.07, 6.45) is 5.55. The van der Waals surface area contributed by atoms with Crippen molar-refractivity contribution in [2.24, 2.45) is 0 Å². The minimum absolute atomic E-state index is 0.222. The van der Waals surface area contributed by atoms with Crippen molar-refractivity contribution in [2.45, 2.75) is 58.0 Å². The molecule has 2 nitrogen and oxygen atoms in total. The standard InChI is InChI=1S/C18H27NO/c1-18(2,3)15-7-8-17-14(11-15)12-16(20-17)13-19-9-5-4-6-10-19/h7-8,11,16H,4-6,9-10,12-13H2,1-3H3. The fourth-order valence-electron chi connectivity index (χ4n) is 3.32. The highest BCUT2D eigenvalue weighted by Crippen LogP contribution is 2.33. The van der Waals surface area contributed by atoms with Crippen LogP contribution in [0.1, 0.15) is 51.2 Å². The normalized spacial score (nSPS) is 23.4. The molecule has 0 N–H and O–H groups in total. The number of rotatable bonds is 2. The number of piperidine rings is 1. The van der Waals surface area contributed by atoms with Crippen LogP contribution in [0.2, 0.25) is 0 Å². The molecule has 110 valence electrons. The third-order valence-electron chi connectivity index (χ3n) is 4.58. The van der Waals surface area contributed by atoms with Gasteiger partial charge in [0.2, 0.25) is 0 Å². The van der Waals surface area contributed by atoms with Gasteiger partial charge >= 0.3 is 0 Å². The highest BCUT2D eigenvalue weighted by molar-refractivity contribution is 5.42. The van der Waals surface area contributed by atoms with E-state index in [2.05, 4.69) is 43.9 Å². The van der Waals surface area contributed by atoms with Crippen LogP contribution in [0.5, 0.6) is 5.75 Å². The molecule has 2 heteroatoms. The van der Waals surface area contributed by atoms with Crippen molar-refractivity contribution < 1.29 is 4.74 Å². The highest BCUT2D eigenvalue weighted by atomic mass is 16.5. The largest absolute Gasteiger partial charge is 0.488 e. The molecule has 1 saturated heterocycles. The van der Waals surface area contributed by atoms with Gasteiger partial charge in [0.25, 0.3) is 0 Å². The van der Waals surface area contributed by atoms with E-state index in [1.54, 1.807) is 0 Å². The van der Waals surface area contributed by atoms with Crippen LogP contribution in [-0.2, 0) is 11.8 Å². The van der Waals surface area contributed by atoms with E-state index in [1.807, 2.05) is 0 Å². The average molecular weight is 273 g/mol. The lowest BCUT2D eigenvalue weighted by Gasteiger charge is -2.28. The zero-order valence-electron chi connectivity index (χ0n) is 13.1. The minimum Gasteiger partial charge on any atom is -0.488 e. The lowest BCUT2D eigenvalue weighted by atomic mass is 9.86. The molecule has 1 unspecified atom stereocenters. The smallest absolute Gasteiger partial charge is 0.123 e. The van der Waals surface area contributed by atoms with E-state index in [0.717, 1.165) is 18.7 Å². The Labute approximate surface area is 123 Å². The fraction of sp³-hybridized carbons (Fsp3) is 0.667. The zero-order chi connectivity index (χ0) is 14.2. The van der Waals surface area contributed by atoms with Gasteiger partial charge in [-0.1, -0.05) is 39.3 Å². The first-order valence-corrected chi connectivity index (χ1v) is 8.05. The first-order valence-electron chi connectivity index (χ1n) is 8.05. The summed E-state index contributed by atoms with van der Waals surface area (Å²) in [6, 6.07) is 6.75. The Morgan fingerprint density at radius 2 is 1.90 bits per heavy atom. The summed E-state index contributed by atoms with van der Waals surface area (Å²) in [5.74, 6) is 1.11. The Morgan fingerprint density at radius 3 is 2.60 bits per heavy atom. The molecule has 2 aliphatic rings. The lowest BCUT2D eigenvalue weighted by Crippen LogP contribution is -2.38. The number of fused-ring (bicyclic) bond motifs is 1. The van der Waals surface area contributed by atoms with Crippen molar-refractivity contribution in [3.05, 3.63) is 29.3 Å². The van der Waals surface area contributed by atoms with Crippen LogP contribution in [0.3, 0.4) is 0 Å². The molecule has 0 aromatic heterocycles. The van der Waals surface area contributed by atoms with Gasteiger partial charge in [-0.3, -0.25) is 4.90 Å². The van der Waals surface area contributed by atoms with Gasteiger partial charge in [0.05, 0.1) is 0 Å². The molecule has 0 aliphatic carbocycles.